The van der Waals surface area contributed by atoms with Gasteiger partial charge in [0, 0.05) is 23.7 Å². The molecule has 0 radical (unpaired) electrons. The van der Waals surface area contributed by atoms with Crippen LogP contribution < -0.4 is 0 Å². The second-order valence-corrected chi connectivity index (χ2v) is 10.1. The standard InChI is InChI=1S/C13H16ClNO.C13H20.C4H4S/c1-2-10-7-8-15(9-10)13(16)11-3-5-12(14)6-4-11;1-3-8-12(9-4-2)13-10-6-5-7-11-13;1-2-4-5-3-1/h3-6,10H,2,7-9H2,1H3;5-7,10-12H,3-4,8-9H2,1-2H3;1-4H/t10-;;/m0../s1. The minimum atomic E-state index is 0.132. The van der Waals surface area contributed by atoms with E-state index in [1.54, 1.807) is 35.6 Å². The van der Waals surface area contributed by atoms with Crippen LogP contribution in [-0.4, -0.2) is 23.9 Å². The van der Waals surface area contributed by atoms with E-state index >= 15 is 0 Å². The lowest BCUT2D eigenvalue weighted by Gasteiger charge is -2.16. The number of carbonyl (C=O) groups excluding carboxylic acids is 1. The number of carbonyl (C=O) groups is 1. The number of thiophene rings is 1. The molecule has 1 amide bonds. The Hall–Kier alpha value is -2.10. The van der Waals surface area contributed by atoms with Crippen LogP contribution in [0.3, 0.4) is 0 Å². The van der Waals surface area contributed by atoms with Gasteiger partial charge in [0.1, 0.15) is 0 Å². The van der Waals surface area contributed by atoms with Crippen LogP contribution in [0.5, 0.6) is 0 Å². The SMILES string of the molecule is CCCC(CCC)c1ccccc1.CC[C@H]1CCN(C(=O)c2ccc(Cl)cc2)C1.c1ccsc1. The predicted octanol–water partition coefficient (Wildman–Crippen LogP) is 9.33. The summed E-state index contributed by atoms with van der Waals surface area (Å²) < 4.78 is 0. The first-order chi connectivity index (χ1) is 16.6. The van der Waals surface area contributed by atoms with Gasteiger partial charge in [0.05, 0.1) is 0 Å². The monoisotopic (exact) mass is 497 g/mol. The lowest BCUT2D eigenvalue weighted by Crippen LogP contribution is -2.28. The van der Waals surface area contributed by atoms with Gasteiger partial charge in [-0.25, -0.2) is 0 Å². The quantitative estimate of drug-likeness (QED) is 0.318. The fourth-order valence-electron chi connectivity index (χ4n) is 4.25. The summed E-state index contributed by atoms with van der Waals surface area (Å²) in [5.41, 5.74) is 2.26. The molecule has 1 saturated heterocycles. The maximum atomic E-state index is 12.1. The molecule has 1 aromatic heterocycles. The normalized spacial score (nSPS) is 14.7. The van der Waals surface area contributed by atoms with E-state index in [0.717, 1.165) is 37.4 Å². The number of halogens is 1. The Kier molecular flexibility index (Phi) is 13.7. The van der Waals surface area contributed by atoms with E-state index in [-0.39, 0.29) is 5.91 Å². The number of hydrogen-bond donors (Lipinski definition) is 0. The van der Waals surface area contributed by atoms with Crippen molar-refractivity contribution < 1.29 is 4.79 Å². The molecule has 2 aromatic carbocycles. The summed E-state index contributed by atoms with van der Waals surface area (Å²) in [5, 5.41) is 4.75. The van der Waals surface area contributed by atoms with Crippen molar-refractivity contribution in [3.63, 3.8) is 0 Å². The van der Waals surface area contributed by atoms with Crippen molar-refractivity contribution in [2.45, 2.75) is 65.2 Å². The summed E-state index contributed by atoms with van der Waals surface area (Å²) in [7, 11) is 0. The topological polar surface area (TPSA) is 20.3 Å². The highest BCUT2D eigenvalue weighted by atomic mass is 35.5. The number of benzene rings is 2. The van der Waals surface area contributed by atoms with Crippen molar-refractivity contribution in [1.82, 2.24) is 4.90 Å². The van der Waals surface area contributed by atoms with Gasteiger partial charge >= 0.3 is 0 Å². The van der Waals surface area contributed by atoms with Gasteiger partial charge in [-0.2, -0.15) is 11.3 Å². The molecule has 0 N–H and O–H groups in total. The van der Waals surface area contributed by atoms with E-state index in [1.807, 2.05) is 27.8 Å². The van der Waals surface area contributed by atoms with E-state index in [2.05, 4.69) is 51.1 Å². The summed E-state index contributed by atoms with van der Waals surface area (Å²) in [6.45, 7) is 8.51. The molecule has 3 aromatic rings. The lowest BCUT2D eigenvalue weighted by atomic mass is 9.91. The molecule has 1 aliphatic heterocycles. The molecular weight excluding hydrogens is 458 g/mol. The second kappa shape index (κ2) is 16.5. The molecule has 0 spiro atoms. The Morgan fingerprint density at radius 2 is 1.56 bits per heavy atom. The second-order valence-electron chi connectivity index (χ2n) is 8.80. The van der Waals surface area contributed by atoms with E-state index < -0.39 is 0 Å². The van der Waals surface area contributed by atoms with Gasteiger partial charge in [-0.15, -0.1) is 0 Å². The summed E-state index contributed by atoms with van der Waals surface area (Å²) in [6, 6.07) is 22.1. The van der Waals surface area contributed by atoms with Gasteiger partial charge in [-0.05, 0) is 71.7 Å². The number of likely N-dealkylation sites (tertiary alicyclic amines) is 1. The Morgan fingerprint density at radius 3 is 2.03 bits per heavy atom. The molecule has 34 heavy (non-hydrogen) atoms. The molecule has 0 bridgehead atoms. The van der Waals surface area contributed by atoms with Crippen LogP contribution in [0.4, 0.5) is 0 Å². The molecular formula is C30H40ClNOS. The third kappa shape index (κ3) is 10.0. The Morgan fingerprint density at radius 1 is 0.941 bits per heavy atom. The number of hydrogen-bond acceptors (Lipinski definition) is 2. The molecule has 1 atom stereocenters. The minimum absolute atomic E-state index is 0.132. The maximum absolute atomic E-state index is 12.1. The highest BCUT2D eigenvalue weighted by Crippen LogP contribution is 2.25. The largest absolute Gasteiger partial charge is 0.338 e. The van der Waals surface area contributed by atoms with Crippen molar-refractivity contribution in [3.8, 4) is 0 Å². The lowest BCUT2D eigenvalue weighted by molar-refractivity contribution is 0.0787. The van der Waals surface area contributed by atoms with Crippen LogP contribution in [0, 0.1) is 5.92 Å². The van der Waals surface area contributed by atoms with Crippen molar-refractivity contribution in [2.75, 3.05) is 13.1 Å². The third-order valence-corrected chi connectivity index (χ3v) is 7.09. The zero-order chi connectivity index (χ0) is 24.6. The molecule has 0 aliphatic carbocycles. The first-order valence-corrected chi connectivity index (χ1v) is 14.0. The average molecular weight is 498 g/mol. The van der Waals surface area contributed by atoms with Crippen molar-refractivity contribution >= 4 is 28.8 Å². The fourth-order valence-corrected chi connectivity index (χ4v) is 4.83. The molecule has 4 heteroatoms. The summed E-state index contributed by atoms with van der Waals surface area (Å²) >= 11 is 7.51. The highest BCUT2D eigenvalue weighted by molar-refractivity contribution is 7.07. The molecule has 1 aliphatic rings. The maximum Gasteiger partial charge on any atom is 0.253 e. The third-order valence-electron chi connectivity index (χ3n) is 6.21. The van der Waals surface area contributed by atoms with Crippen LogP contribution in [0.15, 0.2) is 77.5 Å². The number of amides is 1. The summed E-state index contributed by atoms with van der Waals surface area (Å²) in [5.74, 6) is 1.60. The van der Waals surface area contributed by atoms with Crippen molar-refractivity contribution in [1.29, 1.82) is 0 Å². The van der Waals surface area contributed by atoms with Crippen LogP contribution in [0.1, 0.15) is 81.1 Å². The first-order valence-electron chi connectivity index (χ1n) is 12.7. The Balaban J connectivity index is 0.000000203. The van der Waals surface area contributed by atoms with Crippen molar-refractivity contribution in [2.24, 2.45) is 5.92 Å². The van der Waals surface area contributed by atoms with E-state index in [9.17, 15) is 4.79 Å². The smallest absolute Gasteiger partial charge is 0.253 e. The molecule has 1 fully saturated rings. The molecule has 184 valence electrons. The average Bonchev–Trinajstić information content (AvgIpc) is 3.60. The van der Waals surface area contributed by atoms with E-state index in [4.69, 9.17) is 11.6 Å². The fraction of sp³-hybridized carbons (Fsp3) is 0.433. The highest BCUT2D eigenvalue weighted by Gasteiger charge is 2.25. The van der Waals surface area contributed by atoms with Crippen LogP contribution in [0.2, 0.25) is 5.02 Å². The summed E-state index contributed by atoms with van der Waals surface area (Å²) in [4.78, 5) is 14.0. The van der Waals surface area contributed by atoms with Gasteiger partial charge in [-0.1, -0.05) is 94.1 Å². The van der Waals surface area contributed by atoms with Crippen molar-refractivity contribution in [3.05, 3.63) is 93.6 Å². The molecule has 0 saturated carbocycles. The van der Waals surface area contributed by atoms with Gasteiger partial charge < -0.3 is 4.90 Å². The van der Waals surface area contributed by atoms with Crippen LogP contribution in [-0.2, 0) is 0 Å². The molecule has 4 rings (SSSR count). The van der Waals surface area contributed by atoms with E-state index in [0.29, 0.717) is 10.9 Å². The van der Waals surface area contributed by atoms with E-state index in [1.165, 1.54) is 31.2 Å². The predicted molar refractivity (Wildman–Crippen MR) is 149 cm³/mol. The zero-order valence-corrected chi connectivity index (χ0v) is 22.5. The number of nitrogens with zero attached hydrogens (tertiary/aromatic N) is 1. The molecule has 0 unspecified atom stereocenters. The van der Waals surface area contributed by atoms with Crippen LogP contribution >= 0.6 is 22.9 Å². The minimum Gasteiger partial charge on any atom is -0.338 e. The van der Waals surface area contributed by atoms with Gasteiger partial charge in [-0.3, -0.25) is 4.79 Å². The molecule has 2 nitrogen and oxygen atoms in total. The number of rotatable bonds is 7. The van der Waals surface area contributed by atoms with Gasteiger partial charge in [0.25, 0.3) is 5.91 Å². The summed E-state index contributed by atoms with van der Waals surface area (Å²) in [6.07, 6.45) is 7.54. The molecule has 2 heterocycles. The van der Waals surface area contributed by atoms with Gasteiger partial charge in [0.15, 0.2) is 0 Å². The Bertz CT molecular complexity index is 872. The van der Waals surface area contributed by atoms with Crippen LogP contribution in [0.25, 0.3) is 0 Å². The Labute approximate surface area is 216 Å². The zero-order valence-electron chi connectivity index (χ0n) is 21.0. The first kappa shape index (κ1) is 28.1. The van der Waals surface area contributed by atoms with Gasteiger partial charge in [0.2, 0.25) is 0 Å².